The lowest BCUT2D eigenvalue weighted by molar-refractivity contribution is -0.182. The van der Waals surface area contributed by atoms with Crippen molar-refractivity contribution in [3.8, 4) is 0 Å². The molecular formula is C17H28O6. The summed E-state index contributed by atoms with van der Waals surface area (Å²) in [4.78, 5) is 34.3. The third-order valence-electron chi connectivity index (χ3n) is 4.57. The van der Waals surface area contributed by atoms with Crippen LogP contribution in [0.3, 0.4) is 0 Å². The maximum absolute atomic E-state index is 11.5. The maximum Gasteiger partial charge on any atom is 0.349 e. The average Bonchev–Trinajstić information content (AvgIpc) is 2.88. The van der Waals surface area contributed by atoms with Crippen molar-refractivity contribution >= 4 is 17.9 Å². The molecule has 0 spiro atoms. The first-order valence-electron chi connectivity index (χ1n) is 8.62. The second kappa shape index (κ2) is 9.53. The Morgan fingerprint density at radius 1 is 1.09 bits per heavy atom. The summed E-state index contributed by atoms with van der Waals surface area (Å²) >= 11 is 0. The number of carbonyl (C=O) groups is 3. The Balaban J connectivity index is 2.44. The Hall–Kier alpha value is -1.59. The van der Waals surface area contributed by atoms with Crippen LogP contribution in [0.4, 0.5) is 0 Å². The Labute approximate surface area is 137 Å². The highest BCUT2D eigenvalue weighted by Gasteiger charge is 2.56. The van der Waals surface area contributed by atoms with Crippen LogP contribution in [0.25, 0.3) is 0 Å². The first-order chi connectivity index (χ1) is 10.9. The maximum atomic E-state index is 11.5. The van der Waals surface area contributed by atoms with Crippen molar-refractivity contribution in [2.45, 2.75) is 83.2 Å². The van der Waals surface area contributed by atoms with E-state index >= 15 is 0 Å². The van der Waals surface area contributed by atoms with Crippen LogP contribution in [0.1, 0.15) is 77.6 Å². The molecule has 2 atom stereocenters. The molecule has 23 heavy (non-hydrogen) atoms. The number of rotatable bonds is 12. The minimum atomic E-state index is -1.88. The van der Waals surface area contributed by atoms with Crippen LogP contribution in [-0.2, 0) is 19.1 Å². The second-order valence-electron chi connectivity index (χ2n) is 6.32. The molecule has 132 valence electrons. The van der Waals surface area contributed by atoms with Crippen LogP contribution < -0.4 is 0 Å². The summed E-state index contributed by atoms with van der Waals surface area (Å²) in [7, 11) is 0. The lowest BCUT2D eigenvalue weighted by Gasteiger charge is -2.29. The number of ether oxygens (including phenoxy) is 1. The van der Waals surface area contributed by atoms with Crippen molar-refractivity contribution in [3.63, 3.8) is 0 Å². The van der Waals surface area contributed by atoms with Crippen LogP contribution in [0.15, 0.2) is 0 Å². The predicted molar refractivity (Wildman–Crippen MR) is 84.0 cm³/mol. The van der Waals surface area contributed by atoms with Crippen LogP contribution >= 0.6 is 0 Å². The topological polar surface area (TPSA) is 101 Å². The van der Waals surface area contributed by atoms with Crippen molar-refractivity contribution in [2.24, 2.45) is 5.92 Å². The molecule has 6 nitrogen and oxygen atoms in total. The van der Waals surface area contributed by atoms with Crippen molar-refractivity contribution < 1.29 is 29.3 Å². The number of esters is 1. The third kappa shape index (κ3) is 5.52. The first kappa shape index (κ1) is 19.5. The third-order valence-corrected chi connectivity index (χ3v) is 4.57. The number of carboxylic acids is 2. The van der Waals surface area contributed by atoms with Gasteiger partial charge in [0.2, 0.25) is 5.60 Å². The van der Waals surface area contributed by atoms with E-state index in [1.54, 1.807) is 0 Å². The molecule has 1 aliphatic heterocycles. The van der Waals surface area contributed by atoms with Crippen molar-refractivity contribution in [1.82, 2.24) is 0 Å². The van der Waals surface area contributed by atoms with Gasteiger partial charge in [-0.25, -0.2) is 4.79 Å². The van der Waals surface area contributed by atoms with Crippen LogP contribution in [0.5, 0.6) is 0 Å². The molecule has 2 unspecified atom stereocenters. The molecule has 1 aliphatic rings. The van der Waals surface area contributed by atoms with E-state index in [1.165, 1.54) is 25.7 Å². The van der Waals surface area contributed by atoms with Crippen molar-refractivity contribution in [1.29, 1.82) is 0 Å². The van der Waals surface area contributed by atoms with E-state index in [0.717, 1.165) is 19.3 Å². The van der Waals surface area contributed by atoms with Gasteiger partial charge in [-0.1, -0.05) is 58.3 Å². The Kier molecular flexibility index (Phi) is 8.06. The summed E-state index contributed by atoms with van der Waals surface area (Å²) < 4.78 is 4.94. The quantitative estimate of drug-likeness (QED) is 0.421. The highest BCUT2D eigenvalue weighted by Crippen LogP contribution is 2.37. The van der Waals surface area contributed by atoms with Crippen molar-refractivity contribution in [2.75, 3.05) is 0 Å². The Morgan fingerprint density at radius 3 is 2.09 bits per heavy atom. The van der Waals surface area contributed by atoms with E-state index in [4.69, 9.17) is 4.74 Å². The number of hydrogen-bond acceptors (Lipinski definition) is 4. The van der Waals surface area contributed by atoms with Crippen LogP contribution in [0.2, 0.25) is 0 Å². The van der Waals surface area contributed by atoms with E-state index in [2.05, 4.69) is 6.92 Å². The molecule has 0 radical (unpaired) electrons. The smallest absolute Gasteiger partial charge is 0.349 e. The van der Waals surface area contributed by atoms with Gasteiger partial charge < -0.3 is 14.9 Å². The normalized spacial score (nSPS) is 21.9. The summed E-state index contributed by atoms with van der Waals surface area (Å²) in [6.45, 7) is 2.17. The fourth-order valence-corrected chi connectivity index (χ4v) is 3.18. The summed E-state index contributed by atoms with van der Waals surface area (Å²) in [5.41, 5.74) is -1.88. The van der Waals surface area contributed by atoms with Gasteiger partial charge in [-0.2, -0.15) is 0 Å². The zero-order valence-corrected chi connectivity index (χ0v) is 13.9. The monoisotopic (exact) mass is 328 g/mol. The van der Waals surface area contributed by atoms with Gasteiger partial charge in [0.05, 0.1) is 0 Å². The summed E-state index contributed by atoms with van der Waals surface area (Å²) in [6, 6.07) is 0. The van der Waals surface area contributed by atoms with Gasteiger partial charge in [0.25, 0.3) is 0 Å². The average molecular weight is 328 g/mol. The van der Waals surface area contributed by atoms with Gasteiger partial charge >= 0.3 is 17.9 Å². The van der Waals surface area contributed by atoms with E-state index < -0.39 is 29.4 Å². The lowest BCUT2D eigenvalue weighted by atomic mass is 9.81. The van der Waals surface area contributed by atoms with E-state index in [0.29, 0.717) is 6.42 Å². The summed E-state index contributed by atoms with van der Waals surface area (Å²) in [5, 5.41) is 18.8. The van der Waals surface area contributed by atoms with Gasteiger partial charge in [0, 0.05) is 12.8 Å². The largest absolute Gasteiger partial charge is 0.481 e. The number of cyclic esters (lactones) is 1. The zero-order chi connectivity index (χ0) is 17.3. The summed E-state index contributed by atoms with van der Waals surface area (Å²) in [6.07, 6.45) is 8.65. The molecule has 0 aromatic rings. The number of hydrogen-bond donors (Lipinski definition) is 2. The number of aliphatic carboxylic acids is 2. The van der Waals surface area contributed by atoms with Gasteiger partial charge in [-0.05, 0) is 6.42 Å². The molecule has 0 aromatic heterocycles. The highest BCUT2D eigenvalue weighted by molar-refractivity contribution is 5.90. The minimum absolute atomic E-state index is 0.0342. The number of carboxylic acid groups (broad SMARTS) is 2. The molecule has 0 bridgehead atoms. The molecule has 0 aliphatic carbocycles. The van der Waals surface area contributed by atoms with E-state index in [9.17, 15) is 24.6 Å². The molecular weight excluding hydrogens is 300 g/mol. The van der Waals surface area contributed by atoms with Crippen LogP contribution in [0, 0.1) is 5.92 Å². The molecule has 0 amide bonds. The Bertz CT molecular complexity index is 419. The fraction of sp³-hybridized carbons (Fsp3) is 0.824. The van der Waals surface area contributed by atoms with Crippen LogP contribution in [-0.4, -0.2) is 33.7 Å². The number of carbonyl (C=O) groups excluding carboxylic acids is 1. The molecule has 0 aromatic carbocycles. The fourth-order valence-electron chi connectivity index (χ4n) is 3.18. The second-order valence-corrected chi connectivity index (χ2v) is 6.32. The standard InChI is InChI=1S/C17H28O6/c1-2-3-4-5-6-7-8-9-10-13(15(19)20)17(16(21)22)12-11-14(18)23-17/h13H,2-12H2,1H3,(H,19,20)(H,21,22). The van der Waals surface area contributed by atoms with E-state index in [-0.39, 0.29) is 19.3 Å². The molecule has 6 heteroatoms. The summed E-state index contributed by atoms with van der Waals surface area (Å²) in [5.74, 6) is -4.36. The van der Waals surface area contributed by atoms with Gasteiger partial charge in [0.1, 0.15) is 5.92 Å². The minimum Gasteiger partial charge on any atom is -0.481 e. The van der Waals surface area contributed by atoms with Gasteiger partial charge in [0.15, 0.2) is 0 Å². The number of unbranched alkanes of at least 4 members (excludes halogenated alkanes) is 7. The molecule has 2 N–H and O–H groups in total. The molecule has 0 saturated carbocycles. The molecule has 1 saturated heterocycles. The lowest BCUT2D eigenvalue weighted by Crippen LogP contribution is -2.49. The van der Waals surface area contributed by atoms with Crippen molar-refractivity contribution in [3.05, 3.63) is 0 Å². The van der Waals surface area contributed by atoms with Gasteiger partial charge in [-0.15, -0.1) is 0 Å². The highest BCUT2D eigenvalue weighted by atomic mass is 16.6. The SMILES string of the molecule is CCCCCCCCCCC(C(=O)O)C1(C(=O)O)CCC(=O)O1. The molecule has 1 fully saturated rings. The molecule has 1 heterocycles. The predicted octanol–water partition coefficient (Wildman–Crippen LogP) is 3.38. The Morgan fingerprint density at radius 2 is 1.65 bits per heavy atom. The molecule has 1 rings (SSSR count). The zero-order valence-electron chi connectivity index (χ0n) is 13.9. The first-order valence-corrected chi connectivity index (χ1v) is 8.62. The van der Waals surface area contributed by atoms with Gasteiger partial charge in [-0.3, -0.25) is 9.59 Å². The van der Waals surface area contributed by atoms with E-state index in [1.807, 2.05) is 0 Å².